The van der Waals surface area contributed by atoms with Gasteiger partial charge >= 0.3 is 0 Å². The molecule has 2 saturated carbocycles. The highest BCUT2D eigenvalue weighted by Gasteiger charge is 2.76. The molecule has 0 saturated heterocycles. The second-order valence-electron chi connectivity index (χ2n) is 13.5. The molecule has 6 atom stereocenters. The number of ether oxygens (including phenoxy) is 1. The van der Waals surface area contributed by atoms with E-state index in [1.165, 1.54) is 17.9 Å². The fourth-order valence-corrected chi connectivity index (χ4v) is 8.40. The molecular weight excluding hydrogens is 566 g/mol. The Hall–Kier alpha value is -3.93. The summed E-state index contributed by atoms with van der Waals surface area (Å²) in [5.41, 5.74) is 2.48. The lowest BCUT2D eigenvalue weighted by molar-refractivity contribution is -0.203. The molecule has 2 fully saturated rings. The number of nitrogens with two attached hydrogens (primary N) is 1. The van der Waals surface area contributed by atoms with Crippen molar-refractivity contribution >= 4 is 29.0 Å². The lowest BCUT2D eigenvalue weighted by Crippen LogP contribution is -2.79. The number of methoxy groups -OCH3 is 1. The smallest absolute Gasteiger partial charge is 0.235 e. The second kappa shape index (κ2) is 10.3. The van der Waals surface area contributed by atoms with Gasteiger partial charge < -0.3 is 25.6 Å². The lowest BCUT2D eigenvalue weighted by atomic mass is 9.42. The molecule has 2 aromatic rings. The van der Waals surface area contributed by atoms with Gasteiger partial charge in [0.2, 0.25) is 5.91 Å². The van der Waals surface area contributed by atoms with Gasteiger partial charge in [0, 0.05) is 17.5 Å². The zero-order valence-corrected chi connectivity index (χ0v) is 26.1. The van der Waals surface area contributed by atoms with E-state index in [1.807, 2.05) is 37.2 Å². The van der Waals surface area contributed by atoms with Crippen LogP contribution in [0.25, 0.3) is 11.1 Å². The standard InChI is InChI=1S/C33H39N3O8/c1-31-13-19-17(18-12-16(14-35(3)4)8-11-21(18)44-7)9-10-20(37)22(19)25(38)24(31)29(41)33(43)28(40)23(30(34)42)26(39)27(36(5)6)32(33,2)15-31/h8-12,23-24,27,37,43H,13-15H2,1-7H3,(H2,34,42)/t23?,24?,27-,31+,32+,33-/m1/s1. The maximum Gasteiger partial charge on any atom is 0.235 e. The summed E-state index contributed by atoms with van der Waals surface area (Å²) in [7, 11) is 8.55. The number of aromatic hydroxyl groups is 1. The number of fused-ring (bicyclic) bond motifs is 3. The minimum Gasteiger partial charge on any atom is -0.507 e. The molecule has 0 bridgehead atoms. The number of phenolic OH excluding ortho intramolecular Hbond substituents is 1. The number of primary amides is 1. The Bertz CT molecular complexity index is 1630. The van der Waals surface area contributed by atoms with E-state index in [2.05, 4.69) is 0 Å². The summed E-state index contributed by atoms with van der Waals surface area (Å²) in [5, 5.41) is 23.1. The number of carbonyl (C=O) groups excluding carboxylic acids is 5. The third-order valence-electron chi connectivity index (χ3n) is 9.92. The Balaban J connectivity index is 1.74. The monoisotopic (exact) mass is 605 g/mol. The van der Waals surface area contributed by atoms with Gasteiger partial charge in [0.15, 0.2) is 34.7 Å². The van der Waals surface area contributed by atoms with Crippen LogP contribution in [0, 0.1) is 22.7 Å². The molecule has 11 heteroatoms. The number of carbonyl (C=O) groups is 5. The van der Waals surface area contributed by atoms with Crippen molar-refractivity contribution in [2.24, 2.45) is 28.4 Å². The Morgan fingerprint density at radius 1 is 1.02 bits per heavy atom. The molecule has 0 spiro atoms. The van der Waals surface area contributed by atoms with Gasteiger partial charge in [-0.05, 0) is 81.3 Å². The van der Waals surface area contributed by atoms with E-state index in [1.54, 1.807) is 34.2 Å². The number of aliphatic hydroxyl groups is 1. The number of rotatable bonds is 6. The van der Waals surface area contributed by atoms with E-state index in [0.29, 0.717) is 29.0 Å². The minimum atomic E-state index is -2.84. The summed E-state index contributed by atoms with van der Waals surface area (Å²) in [6.45, 7) is 3.86. The largest absolute Gasteiger partial charge is 0.507 e. The summed E-state index contributed by atoms with van der Waals surface area (Å²) in [5.74, 6) is -8.54. The van der Waals surface area contributed by atoms with E-state index in [-0.39, 0.29) is 24.2 Å². The first-order valence-electron chi connectivity index (χ1n) is 14.5. The van der Waals surface area contributed by atoms with Crippen LogP contribution in [0.2, 0.25) is 0 Å². The first kappa shape index (κ1) is 31.5. The van der Waals surface area contributed by atoms with Gasteiger partial charge in [-0.25, -0.2) is 0 Å². The van der Waals surface area contributed by atoms with Crippen molar-refractivity contribution in [3.05, 3.63) is 47.0 Å². The topological polar surface area (TPSA) is 168 Å². The molecule has 4 N–H and O–H groups in total. The van der Waals surface area contributed by atoms with Crippen LogP contribution in [0.1, 0.15) is 41.8 Å². The normalized spacial score (nSPS) is 31.5. The summed E-state index contributed by atoms with van der Waals surface area (Å²) in [6, 6.07) is 7.60. The molecule has 0 heterocycles. The van der Waals surface area contributed by atoms with Gasteiger partial charge in [-0.1, -0.05) is 26.0 Å². The Labute approximate surface area is 256 Å². The zero-order chi connectivity index (χ0) is 32.7. The fraction of sp³-hybridized carbons (Fsp3) is 0.485. The molecular formula is C33H39N3O8. The Morgan fingerprint density at radius 2 is 1.68 bits per heavy atom. The van der Waals surface area contributed by atoms with E-state index < -0.39 is 63.3 Å². The summed E-state index contributed by atoms with van der Waals surface area (Å²) in [4.78, 5) is 72.0. The molecule has 44 heavy (non-hydrogen) atoms. The van der Waals surface area contributed by atoms with Crippen molar-refractivity contribution in [1.29, 1.82) is 0 Å². The molecule has 1 amide bonds. The average Bonchev–Trinajstić information content (AvgIpc) is 2.90. The van der Waals surface area contributed by atoms with Crippen molar-refractivity contribution < 1.29 is 38.9 Å². The number of ketones is 4. The third-order valence-corrected chi connectivity index (χ3v) is 9.92. The highest BCUT2D eigenvalue weighted by molar-refractivity contribution is 6.33. The van der Waals surface area contributed by atoms with Gasteiger partial charge in [-0.3, -0.25) is 28.9 Å². The molecule has 0 radical (unpaired) electrons. The van der Waals surface area contributed by atoms with Crippen LogP contribution >= 0.6 is 0 Å². The molecule has 2 aromatic carbocycles. The van der Waals surface area contributed by atoms with Gasteiger partial charge in [0.05, 0.1) is 24.6 Å². The van der Waals surface area contributed by atoms with Crippen LogP contribution in [0.4, 0.5) is 0 Å². The molecule has 0 aromatic heterocycles. The van der Waals surface area contributed by atoms with Crippen molar-refractivity contribution in [2.45, 2.75) is 44.9 Å². The number of hydrogen-bond donors (Lipinski definition) is 3. The molecule has 234 valence electrons. The Morgan fingerprint density at radius 3 is 2.25 bits per heavy atom. The van der Waals surface area contributed by atoms with Crippen LogP contribution in [0.15, 0.2) is 30.3 Å². The zero-order valence-electron chi connectivity index (χ0n) is 26.1. The third kappa shape index (κ3) is 4.17. The highest BCUT2D eigenvalue weighted by Crippen LogP contribution is 2.62. The number of likely N-dealkylation sites (N-methyl/N-ethyl adjacent to an activating group) is 1. The van der Waals surface area contributed by atoms with Crippen LogP contribution in [-0.4, -0.2) is 96.0 Å². The predicted octanol–water partition coefficient (Wildman–Crippen LogP) is 1.38. The SMILES string of the molecule is COc1ccc(CN(C)C)cc1-c1ccc(O)c2c1C[C@@]1(C)C[C@@]3(C)[C@H](N(C)C)C(=O)C(C(N)=O)C(=O)[C@@]3(O)C(=O)C1C2=O. The summed E-state index contributed by atoms with van der Waals surface area (Å²) < 4.78 is 5.68. The van der Waals surface area contributed by atoms with Gasteiger partial charge in [-0.15, -0.1) is 0 Å². The number of hydrogen-bond acceptors (Lipinski definition) is 10. The van der Waals surface area contributed by atoms with Crippen molar-refractivity contribution in [1.82, 2.24) is 9.80 Å². The lowest BCUT2D eigenvalue weighted by Gasteiger charge is -2.61. The molecule has 11 nitrogen and oxygen atoms in total. The maximum atomic E-state index is 14.4. The van der Waals surface area contributed by atoms with Gasteiger partial charge in [-0.2, -0.15) is 0 Å². The first-order valence-corrected chi connectivity index (χ1v) is 14.5. The quantitative estimate of drug-likeness (QED) is 0.409. The highest BCUT2D eigenvalue weighted by atomic mass is 16.5. The van der Waals surface area contributed by atoms with Crippen LogP contribution in [0.5, 0.6) is 11.5 Å². The fourth-order valence-electron chi connectivity index (χ4n) is 8.40. The first-order chi connectivity index (χ1) is 20.4. The van der Waals surface area contributed by atoms with E-state index >= 15 is 0 Å². The van der Waals surface area contributed by atoms with Crippen molar-refractivity contribution in [3.8, 4) is 22.6 Å². The second-order valence-corrected chi connectivity index (χ2v) is 13.5. The molecule has 0 aliphatic heterocycles. The van der Waals surface area contributed by atoms with Crippen LogP contribution < -0.4 is 10.5 Å². The van der Waals surface area contributed by atoms with Crippen LogP contribution in [0.3, 0.4) is 0 Å². The number of benzene rings is 2. The molecule has 5 rings (SSSR count). The van der Waals surface area contributed by atoms with Crippen molar-refractivity contribution in [2.75, 3.05) is 35.3 Å². The molecule has 3 aliphatic carbocycles. The summed E-state index contributed by atoms with van der Waals surface area (Å²) >= 11 is 0. The summed E-state index contributed by atoms with van der Waals surface area (Å²) in [6.07, 6.45) is 0.0273. The Kier molecular flexibility index (Phi) is 7.39. The van der Waals surface area contributed by atoms with Crippen molar-refractivity contribution in [3.63, 3.8) is 0 Å². The number of phenols is 1. The number of nitrogens with zero attached hydrogens (tertiary/aromatic N) is 2. The molecule has 3 aliphatic rings. The van der Waals surface area contributed by atoms with E-state index in [0.717, 1.165) is 5.56 Å². The van der Waals surface area contributed by atoms with Gasteiger partial charge in [0.1, 0.15) is 11.5 Å². The number of amides is 1. The molecule has 2 unspecified atom stereocenters. The number of Topliss-reactive ketones (excluding diaryl/α,β-unsaturated/α-hetero) is 4. The van der Waals surface area contributed by atoms with E-state index in [9.17, 15) is 34.2 Å². The van der Waals surface area contributed by atoms with Crippen LogP contribution in [-0.2, 0) is 32.1 Å². The predicted molar refractivity (Wildman–Crippen MR) is 160 cm³/mol. The average molecular weight is 606 g/mol. The maximum absolute atomic E-state index is 14.4. The van der Waals surface area contributed by atoms with Gasteiger partial charge in [0.25, 0.3) is 0 Å². The van der Waals surface area contributed by atoms with E-state index in [4.69, 9.17) is 10.5 Å². The minimum absolute atomic E-state index is 0.0689.